The number of piperidine rings is 2. The highest BCUT2D eigenvalue weighted by molar-refractivity contribution is 6.21. The first-order valence-electron chi connectivity index (χ1n) is 12.8. The van der Waals surface area contributed by atoms with Gasteiger partial charge in [-0.15, -0.1) is 11.6 Å². The summed E-state index contributed by atoms with van der Waals surface area (Å²) >= 11 is 6.80. The van der Waals surface area contributed by atoms with Gasteiger partial charge < -0.3 is 31.2 Å². The molecule has 4 fully saturated rings. The number of nitriles is 1. The van der Waals surface area contributed by atoms with Gasteiger partial charge in [0, 0.05) is 43.4 Å². The zero-order valence-electron chi connectivity index (χ0n) is 19.5. The van der Waals surface area contributed by atoms with Crippen LogP contribution in [-0.2, 0) is 9.47 Å². The standard InChI is InChI=1S/C24H42ClN5O2/c1-2-31-23-11-21-18(10-20(23)27)24(15(12-26)13-29-21)30-16-6-7-22(19(25)9-16)32-14-17-5-3-4-8-28-17/h15-24,28-30H,2-11,13-14,27H2,1H3. The average Bonchev–Trinajstić information content (AvgIpc) is 2.80. The molecule has 0 spiro atoms. The van der Waals surface area contributed by atoms with Crippen molar-refractivity contribution < 1.29 is 9.47 Å². The normalized spacial score (nSPS) is 45.1. The fourth-order valence-electron chi connectivity index (χ4n) is 6.34. The SMILES string of the molecule is CCOC1CC2NCC(C#N)C(NC3CCC(OCC4CCCCN4)C(Cl)C3)C2CC1N. The number of nitrogens with two attached hydrogens (primary N) is 1. The maximum atomic E-state index is 9.83. The molecule has 0 bridgehead atoms. The summed E-state index contributed by atoms with van der Waals surface area (Å²) in [7, 11) is 0. The molecule has 7 nitrogen and oxygen atoms in total. The lowest BCUT2D eigenvalue weighted by Gasteiger charge is -2.49. The third kappa shape index (κ3) is 5.96. The van der Waals surface area contributed by atoms with Crippen molar-refractivity contribution in [2.24, 2.45) is 17.6 Å². The first kappa shape index (κ1) is 24.7. The van der Waals surface area contributed by atoms with Gasteiger partial charge in [0.25, 0.3) is 0 Å². The van der Waals surface area contributed by atoms with E-state index < -0.39 is 0 Å². The Hall–Kier alpha value is -0.460. The molecule has 0 aromatic heterocycles. The molecule has 32 heavy (non-hydrogen) atoms. The molecule has 0 amide bonds. The third-order valence-electron chi connectivity index (χ3n) is 8.13. The molecular formula is C24H42ClN5O2. The van der Waals surface area contributed by atoms with Gasteiger partial charge in [0.05, 0.1) is 36.2 Å². The van der Waals surface area contributed by atoms with Crippen molar-refractivity contribution in [1.82, 2.24) is 16.0 Å². The lowest BCUT2D eigenvalue weighted by Crippen LogP contribution is -2.65. The largest absolute Gasteiger partial charge is 0.377 e. The first-order valence-corrected chi connectivity index (χ1v) is 13.3. The summed E-state index contributed by atoms with van der Waals surface area (Å²) < 4.78 is 12.1. The number of alkyl halides is 1. The Bertz CT molecular complexity index is 628. The van der Waals surface area contributed by atoms with Crippen molar-refractivity contribution in [3.05, 3.63) is 0 Å². The zero-order chi connectivity index (χ0) is 22.5. The lowest BCUT2D eigenvalue weighted by atomic mass is 9.70. The fourth-order valence-corrected chi connectivity index (χ4v) is 6.76. The van der Waals surface area contributed by atoms with Crippen molar-refractivity contribution in [3.63, 3.8) is 0 Å². The Balaban J connectivity index is 1.30. The molecule has 0 radical (unpaired) electrons. The number of ether oxygens (including phenoxy) is 2. The molecule has 10 unspecified atom stereocenters. The number of fused-ring (bicyclic) bond motifs is 1. The van der Waals surface area contributed by atoms with E-state index >= 15 is 0 Å². The quantitative estimate of drug-likeness (QED) is 0.424. The summed E-state index contributed by atoms with van der Waals surface area (Å²) in [6.45, 7) is 5.30. The topological polar surface area (TPSA) is 104 Å². The molecule has 2 aliphatic carbocycles. The number of rotatable bonds is 7. The molecule has 0 aromatic rings. The summed E-state index contributed by atoms with van der Waals surface area (Å²) in [5.41, 5.74) is 6.48. The Morgan fingerprint density at radius 1 is 1.09 bits per heavy atom. The molecule has 182 valence electrons. The number of hydrogen-bond donors (Lipinski definition) is 4. The van der Waals surface area contributed by atoms with Crippen LogP contribution in [0.4, 0.5) is 0 Å². The van der Waals surface area contributed by atoms with Crippen molar-refractivity contribution in [1.29, 1.82) is 5.26 Å². The molecule has 2 saturated carbocycles. The van der Waals surface area contributed by atoms with E-state index in [1.807, 2.05) is 6.92 Å². The van der Waals surface area contributed by atoms with Crippen LogP contribution in [0.25, 0.3) is 0 Å². The van der Waals surface area contributed by atoms with Crippen molar-refractivity contribution in [2.75, 3.05) is 26.3 Å². The van der Waals surface area contributed by atoms with Gasteiger partial charge in [-0.1, -0.05) is 6.42 Å². The van der Waals surface area contributed by atoms with Gasteiger partial charge in [0.1, 0.15) is 0 Å². The molecule has 2 aliphatic heterocycles. The Kier molecular flexibility index (Phi) is 9.09. The summed E-state index contributed by atoms with van der Waals surface area (Å²) in [6.07, 6.45) is 8.69. The van der Waals surface area contributed by atoms with Gasteiger partial charge >= 0.3 is 0 Å². The molecule has 0 aromatic carbocycles. The Morgan fingerprint density at radius 3 is 2.69 bits per heavy atom. The molecule has 2 saturated heterocycles. The lowest BCUT2D eigenvalue weighted by molar-refractivity contribution is -0.0223. The molecular weight excluding hydrogens is 426 g/mol. The number of hydrogen-bond acceptors (Lipinski definition) is 7. The number of nitrogens with one attached hydrogen (secondary N) is 3. The van der Waals surface area contributed by atoms with Gasteiger partial charge in [0.2, 0.25) is 0 Å². The highest BCUT2D eigenvalue weighted by atomic mass is 35.5. The maximum Gasteiger partial charge on any atom is 0.0744 e. The van der Waals surface area contributed by atoms with E-state index in [1.54, 1.807) is 0 Å². The predicted molar refractivity (Wildman–Crippen MR) is 127 cm³/mol. The molecule has 5 N–H and O–H groups in total. The highest BCUT2D eigenvalue weighted by Crippen LogP contribution is 2.36. The van der Waals surface area contributed by atoms with Crippen LogP contribution in [0, 0.1) is 23.2 Å². The van der Waals surface area contributed by atoms with Crippen LogP contribution in [0.2, 0.25) is 0 Å². The monoisotopic (exact) mass is 467 g/mol. The van der Waals surface area contributed by atoms with E-state index in [0.717, 1.165) is 51.8 Å². The van der Waals surface area contributed by atoms with Gasteiger partial charge in [-0.25, -0.2) is 0 Å². The van der Waals surface area contributed by atoms with E-state index in [2.05, 4.69) is 22.0 Å². The summed E-state index contributed by atoms with van der Waals surface area (Å²) in [6, 6.07) is 3.87. The molecule has 2 heterocycles. The van der Waals surface area contributed by atoms with E-state index in [4.69, 9.17) is 26.8 Å². The second kappa shape index (κ2) is 11.8. The second-order valence-electron chi connectivity index (χ2n) is 10.3. The van der Waals surface area contributed by atoms with Gasteiger partial charge in [-0.05, 0) is 64.3 Å². The van der Waals surface area contributed by atoms with E-state index in [-0.39, 0.29) is 35.6 Å². The zero-order valence-corrected chi connectivity index (χ0v) is 20.2. The predicted octanol–water partition coefficient (Wildman–Crippen LogP) is 1.89. The van der Waals surface area contributed by atoms with Crippen molar-refractivity contribution in [3.8, 4) is 6.07 Å². The number of nitrogens with zero attached hydrogens (tertiary/aromatic N) is 1. The molecule has 4 rings (SSSR count). The average molecular weight is 468 g/mol. The van der Waals surface area contributed by atoms with E-state index in [0.29, 0.717) is 30.7 Å². The summed E-state index contributed by atoms with van der Waals surface area (Å²) in [5.74, 6) is 0.299. The summed E-state index contributed by atoms with van der Waals surface area (Å²) in [4.78, 5) is 0. The van der Waals surface area contributed by atoms with Crippen LogP contribution < -0.4 is 21.7 Å². The van der Waals surface area contributed by atoms with Crippen LogP contribution in [0.15, 0.2) is 0 Å². The van der Waals surface area contributed by atoms with Crippen LogP contribution in [0.5, 0.6) is 0 Å². The van der Waals surface area contributed by atoms with E-state index in [9.17, 15) is 5.26 Å². The van der Waals surface area contributed by atoms with Gasteiger partial charge in [-0.2, -0.15) is 5.26 Å². The smallest absolute Gasteiger partial charge is 0.0744 e. The molecule has 8 heteroatoms. The Morgan fingerprint density at radius 2 is 1.97 bits per heavy atom. The van der Waals surface area contributed by atoms with Crippen LogP contribution in [0.1, 0.15) is 58.3 Å². The number of halogens is 1. The molecule has 10 atom stereocenters. The Labute approximate surface area is 198 Å². The fraction of sp³-hybridized carbons (Fsp3) is 0.958. The maximum absolute atomic E-state index is 9.83. The van der Waals surface area contributed by atoms with Crippen molar-refractivity contribution >= 4 is 11.6 Å². The van der Waals surface area contributed by atoms with Crippen molar-refractivity contribution in [2.45, 2.75) is 106 Å². The van der Waals surface area contributed by atoms with Crippen LogP contribution >= 0.6 is 11.6 Å². The minimum atomic E-state index is -0.0489. The summed E-state index contributed by atoms with van der Waals surface area (Å²) in [5, 5.41) is 20.9. The van der Waals surface area contributed by atoms with Gasteiger partial charge in [-0.3, -0.25) is 0 Å². The molecule has 4 aliphatic rings. The first-order chi connectivity index (χ1) is 15.6. The minimum Gasteiger partial charge on any atom is -0.377 e. The minimum absolute atomic E-state index is 0.0128. The highest BCUT2D eigenvalue weighted by Gasteiger charge is 2.46. The third-order valence-corrected chi connectivity index (χ3v) is 8.59. The van der Waals surface area contributed by atoms with E-state index in [1.165, 1.54) is 19.3 Å². The van der Waals surface area contributed by atoms with Gasteiger partial charge in [0.15, 0.2) is 0 Å². The second-order valence-corrected chi connectivity index (χ2v) is 10.8. The van der Waals surface area contributed by atoms with Crippen LogP contribution in [0.3, 0.4) is 0 Å². The van der Waals surface area contributed by atoms with Crippen LogP contribution in [-0.4, -0.2) is 74.1 Å².